The summed E-state index contributed by atoms with van der Waals surface area (Å²) in [5.74, 6) is 3.17. The zero-order valence-corrected chi connectivity index (χ0v) is 13.8. The van der Waals surface area contributed by atoms with E-state index in [1.807, 2.05) is 36.4 Å². The first-order valence-corrected chi connectivity index (χ1v) is 8.15. The highest BCUT2D eigenvalue weighted by Gasteiger charge is 2.10. The van der Waals surface area contributed by atoms with Gasteiger partial charge < -0.3 is 10.2 Å². The Morgan fingerprint density at radius 1 is 0.808 bits per heavy atom. The van der Waals surface area contributed by atoms with Crippen LogP contribution in [0, 0.1) is 12.3 Å². The SMILES string of the molecule is C#Cc1cc(-c2ccc(O)cc2)nc2ccc(-c3ccccc3O)cc12. The van der Waals surface area contributed by atoms with E-state index in [0.717, 1.165) is 38.9 Å². The standard InChI is InChI=1S/C23H15NO2/c1-2-15-14-22(16-7-10-18(25)11-8-16)24-21-12-9-17(13-20(15)21)19-5-3-4-6-23(19)26/h1,3-14,25-26H. The van der Waals surface area contributed by atoms with Crippen molar-refractivity contribution < 1.29 is 10.2 Å². The van der Waals surface area contributed by atoms with Crippen LogP contribution in [-0.2, 0) is 0 Å². The quantitative estimate of drug-likeness (QED) is 0.508. The molecule has 4 aromatic rings. The van der Waals surface area contributed by atoms with Crippen molar-refractivity contribution in [3.05, 3.63) is 78.4 Å². The summed E-state index contributed by atoms with van der Waals surface area (Å²) in [6.07, 6.45) is 5.74. The molecule has 0 spiro atoms. The van der Waals surface area contributed by atoms with Gasteiger partial charge in [-0.15, -0.1) is 6.42 Å². The van der Waals surface area contributed by atoms with Crippen molar-refractivity contribution in [2.75, 3.05) is 0 Å². The lowest BCUT2D eigenvalue weighted by Crippen LogP contribution is -1.90. The molecule has 0 saturated carbocycles. The number of benzene rings is 3. The highest BCUT2D eigenvalue weighted by atomic mass is 16.3. The number of phenolic OH excluding ortho intramolecular Hbond substituents is 2. The molecule has 0 aliphatic carbocycles. The lowest BCUT2D eigenvalue weighted by molar-refractivity contribution is 0.475. The maximum atomic E-state index is 10.1. The van der Waals surface area contributed by atoms with Gasteiger partial charge in [0.25, 0.3) is 0 Å². The number of fused-ring (bicyclic) bond motifs is 1. The highest BCUT2D eigenvalue weighted by Crippen LogP contribution is 2.33. The first-order chi connectivity index (χ1) is 12.7. The van der Waals surface area contributed by atoms with Gasteiger partial charge >= 0.3 is 0 Å². The van der Waals surface area contributed by atoms with E-state index < -0.39 is 0 Å². The summed E-state index contributed by atoms with van der Waals surface area (Å²) in [7, 11) is 0. The molecule has 0 saturated heterocycles. The molecular weight excluding hydrogens is 322 g/mol. The van der Waals surface area contributed by atoms with Crippen molar-refractivity contribution in [1.29, 1.82) is 0 Å². The molecule has 0 aliphatic rings. The minimum atomic E-state index is 0.207. The molecule has 26 heavy (non-hydrogen) atoms. The monoisotopic (exact) mass is 337 g/mol. The number of aromatic hydroxyl groups is 2. The Labute approximate surface area is 151 Å². The first-order valence-electron chi connectivity index (χ1n) is 8.15. The van der Waals surface area contributed by atoms with E-state index in [1.165, 1.54) is 0 Å². The minimum absolute atomic E-state index is 0.207. The van der Waals surface area contributed by atoms with Crippen LogP contribution in [0.1, 0.15) is 5.56 Å². The van der Waals surface area contributed by atoms with Crippen molar-refractivity contribution in [2.24, 2.45) is 0 Å². The summed E-state index contributed by atoms with van der Waals surface area (Å²) in [6, 6.07) is 21.7. The number of terminal acetylenes is 1. The van der Waals surface area contributed by atoms with Gasteiger partial charge in [0.15, 0.2) is 0 Å². The normalized spacial score (nSPS) is 10.6. The number of aromatic nitrogens is 1. The zero-order chi connectivity index (χ0) is 18.1. The topological polar surface area (TPSA) is 53.4 Å². The molecule has 0 radical (unpaired) electrons. The molecule has 0 bridgehead atoms. The van der Waals surface area contributed by atoms with Gasteiger partial charge in [-0.2, -0.15) is 0 Å². The van der Waals surface area contributed by atoms with Gasteiger partial charge in [-0.25, -0.2) is 4.98 Å². The summed E-state index contributed by atoms with van der Waals surface area (Å²) in [6.45, 7) is 0. The number of rotatable bonds is 2. The Morgan fingerprint density at radius 3 is 2.27 bits per heavy atom. The Hall–Kier alpha value is -3.77. The van der Waals surface area contributed by atoms with Crippen molar-refractivity contribution in [2.45, 2.75) is 0 Å². The third-order valence-electron chi connectivity index (χ3n) is 4.34. The van der Waals surface area contributed by atoms with Gasteiger partial charge in [-0.3, -0.25) is 0 Å². The van der Waals surface area contributed by atoms with Crippen LogP contribution in [0.5, 0.6) is 11.5 Å². The summed E-state index contributed by atoms with van der Waals surface area (Å²) < 4.78 is 0. The Morgan fingerprint density at radius 2 is 1.54 bits per heavy atom. The van der Waals surface area contributed by atoms with Crippen molar-refractivity contribution in [1.82, 2.24) is 4.98 Å². The fourth-order valence-corrected chi connectivity index (χ4v) is 3.01. The highest BCUT2D eigenvalue weighted by molar-refractivity contribution is 5.92. The predicted molar refractivity (Wildman–Crippen MR) is 104 cm³/mol. The largest absolute Gasteiger partial charge is 0.508 e. The maximum Gasteiger partial charge on any atom is 0.123 e. The third-order valence-corrected chi connectivity index (χ3v) is 4.34. The van der Waals surface area contributed by atoms with E-state index in [9.17, 15) is 10.2 Å². The van der Waals surface area contributed by atoms with Gasteiger partial charge in [0.1, 0.15) is 11.5 Å². The van der Waals surface area contributed by atoms with Crippen LogP contribution in [0.4, 0.5) is 0 Å². The van der Waals surface area contributed by atoms with Crippen molar-refractivity contribution in [3.63, 3.8) is 0 Å². The number of hydrogen-bond donors (Lipinski definition) is 2. The van der Waals surface area contributed by atoms with E-state index in [4.69, 9.17) is 11.4 Å². The molecule has 3 aromatic carbocycles. The smallest absolute Gasteiger partial charge is 0.123 e. The Balaban J connectivity index is 1.90. The van der Waals surface area contributed by atoms with Crippen molar-refractivity contribution >= 4 is 10.9 Å². The van der Waals surface area contributed by atoms with Gasteiger partial charge in [-0.05, 0) is 54.1 Å². The van der Waals surface area contributed by atoms with Crippen LogP contribution in [0.3, 0.4) is 0 Å². The van der Waals surface area contributed by atoms with Crippen LogP contribution in [0.25, 0.3) is 33.3 Å². The number of phenols is 2. The Bertz CT molecular complexity index is 1160. The molecule has 0 fully saturated rings. The molecule has 3 heteroatoms. The number of para-hydroxylation sites is 1. The average Bonchev–Trinajstić information content (AvgIpc) is 2.67. The molecule has 4 rings (SSSR count). The maximum absolute atomic E-state index is 10.1. The third kappa shape index (κ3) is 2.74. The average molecular weight is 337 g/mol. The Kier molecular flexibility index (Phi) is 3.79. The predicted octanol–water partition coefficient (Wildman–Crippen LogP) is 4.96. The molecule has 0 amide bonds. The molecular formula is C23H15NO2. The van der Waals surface area contributed by atoms with E-state index in [0.29, 0.717) is 0 Å². The van der Waals surface area contributed by atoms with E-state index in [1.54, 1.807) is 36.4 Å². The molecule has 2 N–H and O–H groups in total. The molecule has 1 aromatic heterocycles. The molecule has 0 unspecified atom stereocenters. The molecule has 3 nitrogen and oxygen atoms in total. The summed E-state index contributed by atoms with van der Waals surface area (Å²) in [5, 5.41) is 20.4. The van der Waals surface area contributed by atoms with E-state index in [2.05, 4.69) is 5.92 Å². The van der Waals surface area contributed by atoms with Gasteiger partial charge in [0.05, 0.1) is 11.2 Å². The fraction of sp³-hybridized carbons (Fsp3) is 0. The van der Waals surface area contributed by atoms with Crippen LogP contribution < -0.4 is 0 Å². The number of hydrogen-bond acceptors (Lipinski definition) is 3. The van der Waals surface area contributed by atoms with E-state index in [-0.39, 0.29) is 11.5 Å². The van der Waals surface area contributed by atoms with Gasteiger partial charge in [0.2, 0.25) is 0 Å². The summed E-state index contributed by atoms with van der Waals surface area (Å²) >= 11 is 0. The fourth-order valence-electron chi connectivity index (χ4n) is 3.01. The lowest BCUT2D eigenvalue weighted by atomic mass is 9.99. The second-order valence-electron chi connectivity index (χ2n) is 6.00. The molecule has 1 heterocycles. The minimum Gasteiger partial charge on any atom is -0.508 e. The second kappa shape index (κ2) is 6.27. The second-order valence-corrected chi connectivity index (χ2v) is 6.00. The summed E-state index contributed by atoms with van der Waals surface area (Å²) in [4.78, 5) is 4.70. The lowest BCUT2D eigenvalue weighted by Gasteiger charge is -2.09. The van der Waals surface area contributed by atoms with Crippen LogP contribution in [0.15, 0.2) is 72.8 Å². The van der Waals surface area contributed by atoms with Gasteiger partial charge in [-0.1, -0.05) is 30.2 Å². The molecule has 0 aliphatic heterocycles. The first kappa shape index (κ1) is 15.7. The van der Waals surface area contributed by atoms with Gasteiger partial charge in [0, 0.05) is 22.1 Å². The summed E-state index contributed by atoms with van der Waals surface area (Å²) in [5.41, 5.74) is 4.77. The molecule has 124 valence electrons. The number of nitrogens with zero attached hydrogens (tertiary/aromatic N) is 1. The van der Waals surface area contributed by atoms with Crippen LogP contribution >= 0.6 is 0 Å². The molecule has 0 atom stereocenters. The van der Waals surface area contributed by atoms with Crippen LogP contribution in [0.2, 0.25) is 0 Å². The zero-order valence-electron chi connectivity index (χ0n) is 13.8. The number of pyridine rings is 1. The van der Waals surface area contributed by atoms with Crippen molar-refractivity contribution in [3.8, 4) is 46.2 Å². The van der Waals surface area contributed by atoms with Crippen LogP contribution in [-0.4, -0.2) is 15.2 Å². The van der Waals surface area contributed by atoms with E-state index >= 15 is 0 Å².